The lowest BCUT2D eigenvalue weighted by Gasteiger charge is -2.41. The molecular weight excluding hydrogens is 439 g/mol. The summed E-state index contributed by atoms with van der Waals surface area (Å²) in [6.45, 7) is 6.90. The highest BCUT2D eigenvalue weighted by Gasteiger charge is 2.35. The molecule has 196 valence electrons. The van der Waals surface area contributed by atoms with E-state index in [1.165, 1.54) is 64.2 Å². The molecule has 0 radical (unpaired) electrons. The van der Waals surface area contributed by atoms with Gasteiger partial charge in [-0.15, -0.1) is 0 Å². The SMILES string of the molecule is CCCC1CCC(C2CCC(C3CCC(CC(=O)c4ccc(OCC)c(F)c4C)CO3)CC2)CC1. The Balaban J connectivity index is 1.19. The summed E-state index contributed by atoms with van der Waals surface area (Å²) in [6, 6.07) is 3.30. The molecule has 1 aromatic carbocycles. The zero-order chi connectivity index (χ0) is 24.8. The second-order valence-corrected chi connectivity index (χ2v) is 11.7. The van der Waals surface area contributed by atoms with Gasteiger partial charge in [-0.3, -0.25) is 4.79 Å². The van der Waals surface area contributed by atoms with Crippen LogP contribution in [0.25, 0.3) is 0 Å². The molecule has 0 N–H and O–H groups in total. The first kappa shape index (κ1) is 26.6. The van der Waals surface area contributed by atoms with Gasteiger partial charge in [0, 0.05) is 12.0 Å². The average molecular weight is 487 g/mol. The van der Waals surface area contributed by atoms with Crippen molar-refractivity contribution in [2.75, 3.05) is 13.2 Å². The van der Waals surface area contributed by atoms with E-state index in [1.807, 2.05) is 6.92 Å². The van der Waals surface area contributed by atoms with Crippen LogP contribution in [-0.4, -0.2) is 25.1 Å². The number of halogens is 1. The molecule has 1 saturated heterocycles. The third kappa shape index (κ3) is 6.67. The Bertz CT molecular complexity index is 813. The molecule has 2 atom stereocenters. The number of rotatable bonds is 9. The van der Waals surface area contributed by atoms with E-state index in [9.17, 15) is 9.18 Å². The highest BCUT2D eigenvalue weighted by molar-refractivity contribution is 5.97. The third-order valence-corrected chi connectivity index (χ3v) is 9.43. The Morgan fingerprint density at radius 1 is 0.914 bits per heavy atom. The number of ketones is 1. The van der Waals surface area contributed by atoms with Gasteiger partial charge in [-0.25, -0.2) is 4.39 Å². The minimum absolute atomic E-state index is 0.0191. The van der Waals surface area contributed by atoms with Gasteiger partial charge in [-0.1, -0.05) is 32.6 Å². The van der Waals surface area contributed by atoms with Gasteiger partial charge < -0.3 is 9.47 Å². The molecule has 35 heavy (non-hydrogen) atoms. The Kier molecular flexibility index (Phi) is 9.67. The molecule has 1 heterocycles. The van der Waals surface area contributed by atoms with Gasteiger partial charge in [0.25, 0.3) is 0 Å². The minimum atomic E-state index is -0.415. The average Bonchev–Trinajstić information content (AvgIpc) is 2.88. The first-order chi connectivity index (χ1) is 17.0. The largest absolute Gasteiger partial charge is 0.491 e. The smallest absolute Gasteiger partial charge is 0.168 e. The summed E-state index contributed by atoms with van der Waals surface area (Å²) in [6.07, 6.45) is 17.0. The maximum atomic E-state index is 14.5. The molecule has 0 spiro atoms. The second kappa shape index (κ2) is 12.7. The normalized spacial score (nSPS) is 31.8. The van der Waals surface area contributed by atoms with Crippen LogP contribution in [-0.2, 0) is 4.74 Å². The first-order valence-corrected chi connectivity index (χ1v) is 14.6. The van der Waals surface area contributed by atoms with Crippen LogP contribution in [0.1, 0.15) is 113 Å². The Labute approximate surface area is 212 Å². The molecule has 0 bridgehead atoms. The number of Topliss-reactive ketones (excluding diaryl/α,β-unsaturated/α-hetero) is 1. The Morgan fingerprint density at radius 3 is 2.14 bits per heavy atom. The van der Waals surface area contributed by atoms with E-state index in [4.69, 9.17) is 9.47 Å². The summed E-state index contributed by atoms with van der Waals surface area (Å²) in [5, 5.41) is 0. The Morgan fingerprint density at radius 2 is 1.54 bits per heavy atom. The Hall–Kier alpha value is -1.42. The molecule has 2 unspecified atom stereocenters. The molecule has 1 aliphatic heterocycles. The van der Waals surface area contributed by atoms with Crippen LogP contribution in [0.4, 0.5) is 4.39 Å². The predicted octanol–water partition coefficient (Wildman–Crippen LogP) is 8.31. The summed E-state index contributed by atoms with van der Waals surface area (Å²) in [5.41, 5.74) is 0.876. The molecular formula is C31H47FO3. The topological polar surface area (TPSA) is 35.5 Å². The van der Waals surface area contributed by atoms with Gasteiger partial charge in [-0.05, 0) is 112 Å². The third-order valence-electron chi connectivity index (χ3n) is 9.43. The number of carbonyl (C=O) groups is 1. The van der Waals surface area contributed by atoms with Crippen LogP contribution < -0.4 is 4.74 Å². The minimum Gasteiger partial charge on any atom is -0.491 e. The van der Waals surface area contributed by atoms with Crippen molar-refractivity contribution < 1.29 is 18.7 Å². The van der Waals surface area contributed by atoms with Crippen LogP contribution in [0, 0.1) is 42.3 Å². The molecule has 3 fully saturated rings. The lowest BCUT2D eigenvalue weighted by atomic mass is 9.67. The van der Waals surface area contributed by atoms with Crippen molar-refractivity contribution in [2.24, 2.45) is 29.6 Å². The van der Waals surface area contributed by atoms with Crippen LogP contribution in [0.2, 0.25) is 0 Å². The number of benzene rings is 1. The van der Waals surface area contributed by atoms with E-state index in [1.54, 1.807) is 19.1 Å². The monoisotopic (exact) mass is 486 g/mol. The molecule has 2 aliphatic carbocycles. The summed E-state index contributed by atoms with van der Waals surface area (Å²) in [4.78, 5) is 12.9. The summed E-state index contributed by atoms with van der Waals surface area (Å²) in [5.74, 6) is 3.69. The van der Waals surface area contributed by atoms with Gasteiger partial charge in [0.15, 0.2) is 17.3 Å². The van der Waals surface area contributed by atoms with Crippen molar-refractivity contribution >= 4 is 5.78 Å². The van der Waals surface area contributed by atoms with Crippen LogP contribution >= 0.6 is 0 Å². The van der Waals surface area contributed by atoms with Crippen molar-refractivity contribution in [3.05, 3.63) is 29.1 Å². The van der Waals surface area contributed by atoms with Crippen molar-refractivity contribution in [2.45, 2.75) is 110 Å². The number of hydrogen-bond donors (Lipinski definition) is 0. The van der Waals surface area contributed by atoms with E-state index in [0.29, 0.717) is 42.8 Å². The van der Waals surface area contributed by atoms with E-state index < -0.39 is 5.82 Å². The zero-order valence-corrected chi connectivity index (χ0v) is 22.3. The van der Waals surface area contributed by atoms with E-state index in [2.05, 4.69) is 6.92 Å². The standard InChI is InChI=1S/C31H47FO3/c1-4-6-22-7-10-24(11-8-22)25-12-14-26(15-13-25)29-17-9-23(20-35-29)19-28(33)27-16-18-30(34-5-2)31(32)21(27)3/h16,18,22-26,29H,4-15,17,19-20H2,1-3H3. The highest BCUT2D eigenvalue weighted by Crippen LogP contribution is 2.44. The quantitative estimate of drug-likeness (QED) is 0.329. The fourth-order valence-electron chi connectivity index (χ4n) is 7.31. The lowest BCUT2D eigenvalue weighted by molar-refractivity contribution is -0.0603. The van der Waals surface area contributed by atoms with Crippen LogP contribution in [0.3, 0.4) is 0 Å². The van der Waals surface area contributed by atoms with Crippen molar-refractivity contribution in [1.82, 2.24) is 0 Å². The van der Waals surface area contributed by atoms with E-state index in [-0.39, 0.29) is 17.5 Å². The summed E-state index contributed by atoms with van der Waals surface area (Å²) >= 11 is 0. The first-order valence-electron chi connectivity index (χ1n) is 14.6. The second-order valence-electron chi connectivity index (χ2n) is 11.7. The highest BCUT2D eigenvalue weighted by atomic mass is 19.1. The lowest BCUT2D eigenvalue weighted by Crippen LogP contribution is -2.36. The fourth-order valence-corrected chi connectivity index (χ4v) is 7.31. The summed E-state index contributed by atoms with van der Waals surface area (Å²) in [7, 11) is 0. The van der Waals surface area contributed by atoms with Gasteiger partial charge in [0.1, 0.15) is 0 Å². The van der Waals surface area contributed by atoms with Crippen molar-refractivity contribution in [3.8, 4) is 5.75 Å². The molecule has 1 aromatic rings. The molecule has 2 saturated carbocycles. The molecule has 4 heteroatoms. The maximum absolute atomic E-state index is 14.5. The van der Waals surface area contributed by atoms with Gasteiger partial charge >= 0.3 is 0 Å². The molecule has 3 nitrogen and oxygen atoms in total. The van der Waals surface area contributed by atoms with Gasteiger partial charge in [0.2, 0.25) is 0 Å². The molecule has 3 aliphatic rings. The number of ether oxygens (including phenoxy) is 2. The zero-order valence-electron chi connectivity index (χ0n) is 22.3. The van der Waals surface area contributed by atoms with Gasteiger partial charge in [-0.2, -0.15) is 0 Å². The number of carbonyl (C=O) groups excluding carboxylic acids is 1. The number of hydrogen-bond acceptors (Lipinski definition) is 3. The van der Waals surface area contributed by atoms with E-state index >= 15 is 0 Å². The van der Waals surface area contributed by atoms with Crippen LogP contribution in [0.15, 0.2) is 12.1 Å². The maximum Gasteiger partial charge on any atom is 0.168 e. The van der Waals surface area contributed by atoms with E-state index in [0.717, 1.165) is 30.6 Å². The molecule has 0 amide bonds. The van der Waals surface area contributed by atoms with Crippen molar-refractivity contribution in [3.63, 3.8) is 0 Å². The summed E-state index contributed by atoms with van der Waals surface area (Å²) < 4.78 is 26.2. The van der Waals surface area contributed by atoms with Gasteiger partial charge in [0.05, 0.1) is 19.3 Å². The van der Waals surface area contributed by atoms with Crippen molar-refractivity contribution in [1.29, 1.82) is 0 Å². The predicted molar refractivity (Wildman–Crippen MR) is 140 cm³/mol. The van der Waals surface area contributed by atoms with Crippen LogP contribution in [0.5, 0.6) is 5.75 Å². The molecule has 4 rings (SSSR count). The molecule has 0 aromatic heterocycles. The fraction of sp³-hybridized carbons (Fsp3) is 0.774.